The number of esters is 1. The molecule has 0 saturated heterocycles. The number of carbonyl (C=O) groups is 3. The van der Waals surface area contributed by atoms with Crippen molar-refractivity contribution in [2.75, 3.05) is 19.0 Å². The van der Waals surface area contributed by atoms with Crippen molar-refractivity contribution in [3.63, 3.8) is 0 Å². The van der Waals surface area contributed by atoms with Crippen LogP contribution in [-0.4, -0.2) is 47.4 Å². The molecule has 0 fully saturated rings. The summed E-state index contributed by atoms with van der Waals surface area (Å²) in [6.07, 6.45) is -0.618. The highest BCUT2D eigenvalue weighted by Gasteiger charge is 2.25. The summed E-state index contributed by atoms with van der Waals surface area (Å²) in [5.41, 5.74) is 0.0997. The number of hydrogen-bond donors (Lipinski definition) is 2. The number of benzene rings is 2. The quantitative estimate of drug-likeness (QED) is 0.258. The van der Waals surface area contributed by atoms with Crippen molar-refractivity contribution in [2.45, 2.75) is 32.2 Å². The van der Waals surface area contributed by atoms with E-state index in [2.05, 4.69) is 10.6 Å². The molecule has 2 amide bonds. The highest BCUT2D eigenvalue weighted by atomic mass is 16.6. The van der Waals surface area contributed by atoms with E-state index in [1.807, 2.05) is 0 Å². The van der Waals surface area contributed by atoms with Crippen LogP contribution in [0.2, 0.25) is 0 Å². The second-order valence-electron chi connectivity index (χ2n) is 7.20. The second-order valence-corrected chi connectivity index (χ2v) is 7.20. The fraction of sp³-hybridized carbons (Fsp3) is 0.318. The van der Waals surface area contributed by atoms with Crippen molar-refractivity contribution >= 4 is 34.8 Å². The number of nitro groups is 2. The Morgan fingerprint density at radius 1 is 1.00 bits per heavy atom. The van der Waals surface area contributed by atoms with Gasteiger partial charge in [0.05, 0.1) is 23.6 Å². The molecule has 2 aromatic rings. The number of hydrogen-bond acceptors (Lipinski definition) is 9. The molecule has 13 nitrogen and oxygen atoms in total. The van der Waals surface area contributed by atoms with Gasteiger partial charge in [-0.1, -0.05) is 12.1 Å². The summed E-state index contributed by atoms with van der Waals surface area (Å²) < 4.78 is 9.95. The Labute approximate surface area is 199 Å². The molecule has 0 radical (unpaired) electrons. The molecule has 2 rings (SSSR count). The first-order valence-electron chi connectivity index (χ1n) is 10.5. The van der Waals surface area contributed by atoms with E-state index >= 15 is 0 Å². The predicted octanol–water partition coefficient (Wildman–Crippen LogP) is 2.52. The van der Waals surface area contributed by atoms with Crippen LogP contribution in [0.5, 0.6) is 5.75 Å². The van der Waals surface area contributed by atoms with E-state index in [1.54, 1.807) is 6.92 Å². The summed E-state index contributed by atoms with van der Waals surface area (Å²) in [5.74, 6) is -1.87. The van der Waals surface area contributed by atoms with Gasteiger partial charge in [-0.05, 0) is 24.6 Å². The minimum Gasteiger partial charge on any atom is -0.490 e. The van der Waals surface area contributed by atoms with Crippen molar-refractivity contribution < 1.29 is 33.7 Å². The zero-order valence-corrected chi connectivity index (χ0v) is 19.0. The highest BCUT2D eigenvalue weighted by molar-refractivity contribution is 5.94. The largest absolute Gasteiger partial charge is 0.490 e. The number of nitrogens with zero attached hydrogens (tertiary/aromatic N) is 2. The first-order chi connectivity index (χ1) is 16.6. The van der Waals surface area contributed by atoms with Crippen molar-refractivity contribution in [3.8, 4) is 5.75 Å². The summed E-state index contributed by atoms with van der Waals surface area (Å²) in [6.45, 7) is 1.65. The van der Waals surface area contributed by atoms with Crippen LogP contribution in [0.15, 0.2) is 42.5 Å². The zero-order valence-electron chi connectivity index (χ0n) is 19.0. The van der Waals surface area contributed by atoms with Crippen LogP contribution in [-0.2, 0) is 25.5 Å². The lowest BCUT2D eigenvalue weighted by Crippen LogP contribution is -2.43. The summed E-state index contributed by atoms with van der Waals surface area (Å²) in [4.78, 5) is 57.8. The Bertz CT molecular complexity index is 1120. The van der Waals surface area contributed by atoms with Gasteiger partial charge in [0, 0.05) is 43.1 Å². The number of non-ortho nitro benzene ring substituents is 1. The third-order valence-electron chi connectivity index (χ3n) is 4.71. The smallest absolute Gasteiger partial charge is 0.328 e. The lowest BCUT2D eigenvalue weighted by Gasteiger charge is -2.17. The van der Waals surface area contributed by atoms with Gasteiger partial charge in [0.1, 0.15) is 6.04 Å². The maximum absolute atomic E-state index is 12.4. The number of nitro benzene ring substituents is 2. The average molecular weight is 488 g/mol. The molecule has 13 heteroatoms. The summed E-state index contributed by atoms with van der Waals surface area (Å²) in [7, 11) is 1.29. The molecule has 0 aliphatic carbocycles. The van der Waals surface area contributed by atoms with Crippen LogP contribution >= 0.6 is 0 Å². The van der Waals surface area contributed by atoms with Crippen LogP contribution in [0, 0.1) is 20.2 Å². The Morgan fingerprint density at radius 3 is 2.34 bits per heavy atom. The second kappa shape index (κ2) is 12.6. The van der Waals surface area contributed by atoms with E-state index in [1.165, 1.54) is 49.6 Å². The molecule has 0 bridgehead atoms. The van der Waals surface area contributed by atoms with Gasteiger partial charge in [0.2, 0.25) is 11.8 Å². The summed E-state index contributed by atoms with van der Waals surface area (Å²) >= 11 is 0. The predicted molar refractivity (Wildman–Crippen MR) is 123 cm³/mol. The van der Waals surface area contributed by atoms with E-state index in [-0.39, 0.29) is 48.7 Å². The molecule has 1 atom stereocenters. The van der Waals surface area contributed by atoms with Gasteiger partial charge in [-0.15, -0.1) is 0 Å². The van der Waals surface area contributed by atoms with Gasteiger partial charge >= 0.3 is 11.7 Å². The van der Waals surface area contributed by atoms with Gasteiger partial charge in [-0.2, -0.15) is 0 Å². The number of methoxy groups -OCH3 is 1. The van der Waals surface area contributed by atoms with Gasteiger partial charge in [-0.25, -0.2) is 4.79 Å². The number of nitrogens with one attached hydrogen (secondary N) is 2. The Kier molecular flexibility index (Phi) is 9.63. The Morgan fingerprint density at radius 2 is 1.71 bits per heavy atom. The molecule has 186 valence electrons. The summed E-state index contributed by atoms with van der Waals surface area (Å²) in [5, 5.41) is 27.0. The maximum atomic E-state index is 12.4. The summed E-state index contributed by atoms with van der Waals surface area (Å²) in [6, 6.07) is 8.34. The van der Waals surface area contributed by atoms with E-state index in [0.29, 0.717) is 5.56 Å². The molecular formula is C22H24N4O9. The lowest BCUT2D eigenvalue weighted by molar-refractivity contribution is -0.385. The van der Waals surface area contributed by atoms with Gasteiger partial charge in [0.15, 0.2) is 5.75 Å². The number of carbonyl (C=O) groups excluding carboxylic acids is 3. The van der Waals surface area contributed by atoms with Gasteiger partial charge in [-0.3, -0.25) is 29.8 Å². The first-order valence-corrected chi connectivity index (χ1v) is 10.5. The van der Waals surface area contributed by atoms with Crippen LogP contribution < -0.4 is 15.4 Å². The molecule has 0 saturated carbocycles. The number of amides is 2. The molecule has 1 unspecified atom stereocenters. The normalized spacial score (nSPS) is 11.1. The van der Waals surface area contributed by atoms with E-state index in [0.717, 1.165) is 0 Å². The fourth-order valence-electron chi connectivity index (χ4n) is 3.09. The van der Waals surface area contributed by atoms with Gasteiger partial charge < -0.3 is 20.1 Å². The van der Waals surface area contributed by atoms with Crippen LogP contribution in [0.25, 0.3) is 0 Å². The Balaban J connectivity index is 2.02. The van der Waals surface area contributed by atoms with Gasteiger partial charge in [0.25, 0.3) is 5.69 Å². The van der Waals surface area contributed by atoms with Crippen molar-refractivity contribution in [3.05, 3.63) is 68.3 Å². The molecule has 0 heterocycles. The fourth-order valence-corrected chi connectivity index (χ4v) is 3.09. The Hall–Kier alpha value is -4.55. The van der Waals surface area contributed by atoms with Crippen LogP contribution in [0.1, 0.15) is 25.3 Å². The molecule has 0 aliphatic heterocycles. The van der Waals surface area contributed by atoms with E-state index in [4.69, 9.17) is 9.47 Å². The third-order valence-corrected chi connectivity index (χ3v) is 4.71. The van der Waals surface area contributed by atoms with E-state index in [9.17, 15) is 34.6 Å². The van der Waals surface area contributed by atoms with Crippen LogP contribution in [0.3, 0.4) is 0 Å². The lowest BCUT2D eigenvalue weighted by atomic mass is 10.0. The highest BCUT2D eigenvalue weighted by Crippen LogP contribution is 2.28. The van der Waals surface area contributed by atoms with Crippen molar-refractivity contribution in [2.24, 2.45) is 0 Å². The third kappa shape index (κ3) is 8.07. The molecule has 35 heavy (non-hydrogen) atoms. The van der Waals surface area contributed by atoms with Crippen molar-refractivity contribution in [1.29, 1.82) is 0 Å². The minimum absolute atomic E-state index is 0.0465. The SMILES string of the molecule is CCOC(=O)C(Cc1ccc(OC)c([N+](=O)[O-])c1)NC(=O)CCC(=O)Nc1cccc([N+](=O)[O-])c1. The monoisotopic (exact) mass is 488 g/mol. The van der Waals surface area contributed by atoms with Crippen molar-refractivity contribution in [1.82, 2.24) is 5.32 Å². The van der Waals surface area contributed by atoms with E-state index < -0.39 is 33.7 Å². The average Bonchev–Trinajstić information content (AvgIpc) is 2.82. The number of rotatable bonds is 12. The molecule has 2 N–H and O–H groups in total. The maximum Gasteiger partial charge on any atom is 0.328 e. The topological polar surface area (TPSA) is 180 Å². The number of ether oxygens (including phenoxy) is 2. The number of anilines is 1. The zero-order chi connectivity index (χ0) is 26.0. The van der Waals surface area contributed by atoms with Crippen LogP contribution in [0.4, 0.5) is 17.1 Å². The molecular weight excluding hydrogens is 464 g/mol. The molecule has 0 spiro atoms. The molecule has 0 aromatic heterocycles. The standard InChI is InChI=1S/C22H24N4O9/c1-3-35-22(29)17(11-14-7-8-19(34-2)18(12-14)26(32)33)24-21(28)10-9-20(27)23-15-5-4-6-16(13-15)25(30)31/h4-8,12-13,17H,3,9-11H2,1-2H3,(H,23,27)(H,24,28). The first kappa shape index (κ1) is 26.7. The molecule has 2 aromatic carbocycles. The molecule has 0 aliphatic rings. The minimum atomic E-state index is -1.14.